The molecular formula is C16H22N3O5+. The van der Waals surface area contributed by atoms with Crippen molar-refractivity contribution >= 4 is 23.3 Å². The molecule has 0 bridgehead atoms. The lowest BCUT2D eigenvalue weighted by atomic mass is 9.97. The highest BCUT2D eigenvalue weighted by molar-refractivity contribution is 5.92. The van der Waals surface area contributed by atoms with Crippen molar-refractivity contribution in [3.05, 3.63) is 33.9 Å². The molecule has 2 rings (SSSR count). The van der Waals surface area contributed by atoms with Crippen molar-refractivity contribution in [1.29, 1.82) is 0 Å². The van der Waals surface area contributed by atoms with E-state index >= 15 is 0 Å². The van der Waals surface area contributed by atoms with E-state index in [4.69, 9.17) is 4.74 Å². The number of hydrogen-bond donors (Lipinski definition) is 2. The molecule has 1 amide bonds. The standard InChI is InChI=1S/C16H21N3O5/c1-11-3-4-13(19(22)23)9-14(11)17-15(20)10-18-7-5-12(6-8-18)16(21)24-2/h3-4,9,12H,5-8,10H2,1-2H3,(H,17,20)/p+1. The van der Waals surface area contributed by atoms with Gasteiger partial charge in [-0.25, -0.2) is 0 Å². The predicted molar refractivity (Wildman–Crippen MR) is 86.8 cm³/mol. The zero-order valence-electron chi connectivity index (χ0n) is 13.8. The molecule has 0 aromatic heterocycles. The molecule has 0 saturated carbocycles. The van der Waals surface area contributed by atoms with Crippen molar-refractivity contribution in [2.75, 3.05) is 32.1 Å². The fraction of sp³-hybridized carbons (Fsp3) is 0.500. The van der Waals surface area contributed by atoms with E-state index in [0.29, 0.717) is 18.5 Å². The van der Waals surface area contributed by atoms with Crippen LogP contribution in [0.2, 0.25) is 0 Å². The summed E-state index contributed by atoms with van der Waals surface area (Å²) in [7, 11) is 1.39. The Hall–Kier alpha value is -2.48. The maximum absolute atomic E-state index is 12.2. The number of nitrogens with zero attached hydrogens (tertiary/aromatic N) is 1. The van der Waals surface area contributed by atoms with Crippen LogP contribution in [0.4, 0.5) is 11.4 Å². The van der Waals surface area contributed by atoms with Gasteiger partial charge in [0.15, 0.2) is 6.54 Å². The Labute approximate surface area is 139 Å². The van der Waals surface area contributed by atoms with Crippen LogP contribution in [0.5, 0.6) is 0 Å². The van der Waals surface area contributed by atoms with Crippen molar-refractivity contribution in [3.8, 4) is 0 Å². The second-order valence-corrected chi connectivity index (χ2v) is 6.03. The molecule has 0 unspecified atom stereocenters. The number of rotatable bonds is 5. The summed E-state index contributed by atoms with van der Waals surface area (Å²) < 4.78 is 4.75. The van der Waals surface area contributed by atoms with Crippen LogP contribution in [0.15, 0.2) is 18.2 Å². The third-order valence-electron chi connectivity index (χ3n) is 4.34. The number of esters is 1. The number of carbonyl (C=O) groups excluding carboxylic acids is 2. The summed E-state index contributed by atoms with van der Waals surface area (Å²) in [5.74, 6) is -0.461. The zero-order valence-corrected chi connectivity index (χ0v) is 13.8. The van der Waals surface area contributed by atoms with Crippen LogP contribution in [0.1, 0.15) is 18.4 Å². The lowest BCUT2D eigenvalue weighted by molar-refractivity contribution is -0.897. The van der Waals surface area contributed by atoms with Crippen LogP contribution in [0, 0.1) is 23.0 Å². The van der Waals surface area contributed by atoms with E-state index in [1.54, 1.807) is 13.0 Å². The van der Waals surface area contributed by atoms with Gasteiger partial charge in [-0.15, -0.1) is 0 Å². The quantitative estimate of drug-likeness (QED) is 0.458. The zero-order chi connectivity index (χ0) is 17.7. The number of nitro benzene ring substituents is 1. The minimum absolute atomic E-state index is 0.0536. The van der Waals surface area contributed by atoms with Gasteiger partial charge in [0.1, 0.15) is 0 Å². The summed E-state index contributed by atoms with van der Waals surface area (Å²) in [6, 6.07) is 4.39. The second-order valence-electron chi connectivity index (χ2n) is 6.03. The van der Waals surface area contributed by atoms with E-state index in [9.17, 15) is 19.7 Å². The fourth-order valence-corrected chi connectivity index (χ4v) is 2.88. The van der Waals surface area contributed by atoms with Crippen LogP contribution < -0.4 is 10.2 Å². The summed E-state index contributed by atoms with van der Waals surface area (Å²) >= 11 is 0. The number of non-ortho nitro benzene ring substituents is 1. The van der Waals surface area contributed by atoms with Crippen molar-refractivity contribution in [1.82, 2.24) is 0 Å². The van der Waals surface area contributed by atoms with Gasteiger partial charge in [-0.3, -0.25) is 19.7 Å². The third kappa shape index (κ3) is 4.51. The molecule has 8 nitrogen and oxygen atoms in total. The molecule has 1 aliphatic rings. The molecule has 2 N–H and O–H groups in total. The fourth-order valence-electron chi connectivity index (χ4n) is 2.88. The van der Waals surface area contributed by atoms with Crippen LogP contribution in [0.25, 0.3) is 0 Å². The van der Waals surface area contributed by atoms with E-state index in [1.807, 2.05) is 0 Å². The first-order valence-corrected chi connectivity index (χ1v) is 7.87. The summed E-state index contributed by atoms with van der Waals surface area (Å²) in [5, 5.41) is 13.6. The highest BCUT2D eigenvalue weighted by Gasteiger charge is 2.29. The molecule has 1 heterocycles. The van der Waals surface area contributed by atoms with Crippen molar-refractivity contribution in [2.24, 2.45) is 5.92 Å². The highest BCUT2D eigenvalue weighted by atomic mass is 16.6. The molecule has 130 valence electrons. The number of nitrogens with one attached hydrogen (secondary N) is 2. The molecule has 1 saturated heterocycles. The van der Waals surface area contributed by atoms with Crippen LogP contribution in [-0.4, -0.2) is 43.5 Å². The monoisotopic (exact) mass is 336 g/mol. The van der Waals surface area contributed by atoms with Gasteiger partial charge < -0.3 is 15.0 Å². The lowest BCUT2D eigenvalue weighted by Crippen LogP contribution is -3.14. The number of aryl methyl sites for hydroxylation is 1. The number of ether oxygens (including phenoxy) is 1. The molecule has 1 fully saturated rings. The molecule has 0 atom stereocenters. The van der Waals surface area contributed by atoms with Crippen LogP contribution in [0.3, 0.4) is 0 Å². The third-order valence-corrected chi connectivity index (χ3v) is 4.34. The highest BCUT2D eigenvalue weighted by Crippen LogP contribution is 2.21. The molecule has 0 aliphatic carbocycles. The van der Waals surface area contributed by atoms with Gasteiger partial charge in [-0.2, -0.15) is 0 Å². The van der Waals surface area contributed by atoms with Gasteiger partial charge in [0.05, 0.1) is 36.7 Å². The normalized spacial score (nSPS) is 20.2. The summed E-state index contributed by atoms with van der Waals surface area (Å²) in [4.78, 5) is 35.1. The van der Waals surface area contributed by atoms with Gasteiger partial charge in [0.25, 0.3) is 11.6 Å². The topological polar surface area (TPSA) is 103 Å². The van der Waals surface area contributed by atoms with Crippen molar-refractivity contribution < 1.29 is 24.1 Å². The van der Waals surface area contributed by atoms with E-state index < -0.39 is 4.92 Å². The number of anilines is 1. The number of amides is 1. The smallest absolute Gasteiger partial charge is 0.309 e. The van der Waals surface area contributed by atoms with Gasteiger partial charge >= 0.3 is 5.97 Å². The van der Waals surface area contributed by atoms with E-state index in [0.717, 1.165) is 23.6 Å². The number of benzene rings is 1. The molecule has 0 spiro atoms. The van der Waals surface area contributed by atoms with E-state index in [-0.39, 0.29) is 30.0 Å². The summed E-state index contributed by atoms with van der Waals surface area (Å²) in [6.07, 6.45) is 1.40. The number of methoxy groups -OCH3 is 1. The molecule has 8 heteroatoms. The second kappa shape index (κ2) is 7.87. The maximum Gasteiger partial charge on any atom is 0.309 e. The summed E-state index contributed by atoms with van der Waals surface area (Å²) in [5.41, 5.74) is 1.17. The molecule has 1 aromatic carbocycles. The van der Waals surface area contributed by atoms with E-state index in [1.165, 1.54) is 19.2 Å². The number of hydrogen-bond acceptors (Lipinski definition) is 5. The average molecular weight is 336 g/mol. The Balaban J connectivity index is 1.89. The number of carbonyl (C=O) groups is 2. The first kappa shape index (κ1) is 17.9. The van der Waals surface area contributed by atoms with Gasteiger partial charge in [-0.1, -0.05) is 6.07 Å². The Kier molecular flexibility index (Phi) is 5.86. The van der Waals surface area contributed by atoms with Gasteiger partial charge in [-0.05, 0) is 12.5 Å². The average Bonchev–Trinajstić information content (AvgIpc) is 2.56. The molecule has 1 aliphatic heterocycles. The minimum Gasteiger partial charge on any atom is -0.469 e. The van der Waals surface area contributed by atoms with E-state index in [2.05, 4.69) is 5.32 Å². The van der Waals surface area contributed by atoms with Crippen LogP contribution in [-0.2, 0) is 14.3 Å². The molecular weight excluding hydrogens is 314 g/mol. The van der Waals surface area contributed by atoms with Gasteiger partial charge in [0.2, 0.25) is 0 Å². The number of piperidine rings is 1. The minimum atomic E-state index is -0.488. The first-order chi connectivity index (χ1) is 11.4. The molecule has 24 heavy (non-hydrogen) atoms. The maximum atomic E-state index is 12.2. The Morgan fingerprint density at radius 1 is 1.38 bits per heavy atom. The lowest BCUT2D eigenvalue weighted by Gasteiger charge is -2.27. The Bertz CT molecular complexity index is 639. The predicted octanol–water partition coefficient (Wildman–Crippen LogP) is 0.310. The summed E-state index contributed by atoms with van der Waals surface area (Å²) in [6.45, 7) is 3.51. The number of nitro groups is 1. The van der Waals surface area contributed by atoms with Crippen molar-refractivity contribution in [3.63, 3.8) is 0 Å². The Morgan fingerprint density at radius 3 is 2.62 bits per heavy atom. The number of quaternary nitrogens is 1. The van der Waals surface area contributed by atoms with Crippen LogP contribution >= 0.6 is 0 Å². The largest absolute Gasteiger partial charge is 0.469 e. The Morgan fingerprint density at radius 2 is 2.04 bits per heavy atom. The molecule has 1 aromatic rings. The van der Waals surface area contributed by atoms with Crippen molar-refractivity contribution in [2.45, 2.75) is 19.8 Å². The van der Waals surface area contributed by atoms with Gasteiger partial charge in [0, 0.05) is 25.0 Å². The SMILES string of the molecule is COC(=O)C1CC[NH+](CC(=O)Nc2cc([N+](=O)[O-])ccc2C)CC1. The number of likely N-dealkylation sites (tertiary alicyclic amines) is 1. The first-order valence-electron chi connectivity index (χ1n) is 7.87. The molecule has 0 radical (unpaired) electrons.